The number of carboxylic acid groups (broad SMARTS) is 1. The van der Waals surface area contributed by atoms with Crippen molar-refractivity contribution in [2.45, 2.75) is 39.2 Å². The molecule has 1 atom stereocenters. The van der Waals surface area contributed by atoms with Crippen LogP contribution < -0.4 is 4.74 Å². The Morgan fingerprint density at radius 3 is 2.52 bits per heavy atom. The fourth-order valence-electron chi connectivity index (χ4n) is 3.49. The van der Waals surface area contributed by atoms with Crippen LogP contribution in [0.3, 0.4) is 0 Å². The van der Waals surface area contributed by atoms with Crippen LogP contribution >= 0.6 is 0 Å². The predicted molar refractivity (Wildman–Crippen MR) is 125 cm³/mol. The molecular weight excluding hydrogens is 422 g/mol. The van der Waals surface area contributed by atoms with Crippen molar-refractivity contribution in [1.82, 2.24) is 4.98 Å². The van der Waals surface area contributed by atoms with Crippen molar-refractivity contribution in [3.8, 4) is 17.2 Å². The number of carbonyl (C=O) groups is 1. The van der Waals surface area contributed by atoms with Crippen LogP contribution in [0.2, 0.25) is 0 Å². The highest BCUT2D eigenvalue weighted by Crippen LogP contribution is 2.23. The molecule has 2 aromatic carbocycles. The van der Waals surface area contributed by atoms with Gasteiger partial charge in [0.25, 0.3) is 0 Å². The second-order valence-electron chi connectivity index (χ2n) is 7.54. The molecule has 1 N–H and O–H groups in total. The summed E-state index contributed by atoms with van der Waals surface area (Å²) in [4.78, 5) is 15.3. The highest BCUT2D eigenvalue weighted by Gasteiger charge is 2.14. The van der Waals surface area contributed by atoms with E-state index in [2.05, 4.69) is 11.9 Å². The largest absolute Gasteiger partial charge is 0.493 e. The lowest BCUT2D eigenvalue weighted by Crippen LogP contribution is -2.24. The molecule has 3 aromatic rings. The van der Waals surface area contributed by atoms with Crippen LogP contribution in [0.4, 0.5) is 0 Å². The molecule has 0 bridgehead atoms. The standard InChI is InChI=1S/C26H31NO6/c1-3-24-23(27-26(33-24)20-8-6-5-7-9-20)14-15-32-21-12-10-19(11-13-21)16-22(31-4-2)17-30-18-25(28)29/h5-13,22H,3-4,14-18H2,1-2H3,(H,28,29). The summed E-state index contributed by atoms with van der Waals surface area (Å²) in [6.45, 7) is 4.91. The number of oxazole rings is 1. The van der Waals surface area contributed by atoms with Crippen LogP contribution in [0.1, 0.15) is 30.9 Å². The van der Waals surface area contributed by atoms with E-state index in [-0.39, 0.29) is 19.3 Å². The molecule has 0 radical (unpaired) electrons. The van der Waals surface area contributed by atoms with Gasteiger partial charge in [0.15, 0.2) is 0 Å². The summed E-state index contributed by atoms with van der Waals surface area (Å²) in [6.07, 6.45) is 1.88. The average Bonchev–Trinajstić information content (AvgIpc) is 3.24. The number of hydrogen-bond acceptors (Lipinski definition) is 6. The zero-order valence-corrected chi connectivity index (χ0v) is 19.2. The molecule has 176 valence electrons. The Morgan fingerprint density at radius 1 is 1.09 bits per heavy atom. The molecule has 1 unspecified atom stereocenters. The Bertz CT molecular complexity index is 984. The first kappa shape index (κ1) is 24.5. The van der Waals surface area contributed by atoms with Gasteiger partial charge in [-0.25, -0.2) is 9.78 Å². The lowest BCUT2D eigenvalue weighted by molar-refractivity contribution is -0.143. The van der Waals surface area contributed by atoms with E-state index in [1.807, 2.05) is 61.5 Å². The van der Waals surface area contributed by atoms with Gasteiger partial charge in [-0.3, -0.25) is 0 Å². The van der Waals surface area contributed by atoms with Gasteiger partial charge >= 0.3 is 5.97 Å². The Hall–Kier alpha value is -3.16. The summed E-state index contributed by atoms with van der Waals surface area (Å²) in [7, 11) is 0. The first-order valence-corrected chi connectivity index (χ1v) is 11.3. The summed E-state index contributed by atoms with van der Waals surface area (Å²) in [5.74, 6) is 1.32. The number of aryl methyl sites for hydroxylation is 1. The van der Waals surface area contributed by atoms with Gasteiger partial charge in [0, 0.05) is 31.4 Å². The molecule has 0 spiro atoms. The van der Waals surface area contributed by atoms with Crippen LogP contribution in [0.15, 0.2) is 59.0 Å². The average molecular weight is 454 g/mol. The Kier molecular flexibility index (Phi) is 9.47. The van der Waals surface area contributed by atoms with Crippen LogP contribution in [0.5, 0.6) is 5.75 Å². The molecule has 7 nitrogen and oxygen atoms in total. The Balaban J connectivity index is 1.51. The van der Waals surface area contributed by atoms with Gasteiger partial charge in [-0.15, -0.1) is 0 Å². The van der Waals surface area contributed by atoms with E-state index in [1.165, 1.54) is 0 Å². The maximum atomic E-state index is 10.6. The molecule has 0 aliphatic carbocycles. The molecule has 1 aromatic heterocycles. The van der Waals surface area contributed by atoms with E-state index in [9.17, 15) is 4.79 Å². The number of carboxylic acids is 1. The van der Waals surface area contributed by atoms with E-state index in [0.29, 0.717) is 31.9 Å². The zero-order valence-electron chi connectivity index (χ0n) is 19.2. The third-order valence-electron chi connectivity index (χ3n) is 5.05. The molecule has 0 aliphatic rings. The lowest BCUT2D eigenvalue weighted by atomic mass is 10.1. The number of benzene rings is 2. The second-order valence-corrected chi connectivity index (χ2v) is 7.54. The zero-order chi connectivity index (χ0) is 23.5. The van der Waals surface area contributed by atoms with Crippen LogP contribution in [0, 0.1) is 0 Å². The third-order valence-corrected chi connectivity index (χ3v) is 5.05. The van der Waals surface area contributed by atoms with Gasteiger partial charge in [-0.2, -0.15) is 0 Å². The highest BCUT2D eigenvalue weighted by atomic mass is 16.5. The van der Waals surface area contributed by atoms with Gasteiger partial charge < -0.3 is 23.7 Å². The van der Waals surface area contributed by atoms with Crippen LogP contribution in [0.25, 0.3) is 11.5 Å². The highest BCUT2D eigenvalue weighted by molar-refractivity contribution is 5.68. The SMILES string of the molecule is CCOC(COCC(=O)O)Cc1ccc(OCCc2nc(-c3ccccc3)oc2CC)cc1. The molecule has 7 heteroatoms. The number of hydrogen-bond donors (Lipinski definition) is 1. The molecule has 1 heterocycles. The molecule has 0 saturated carbocycles. The van der Waals surface area contributed by atoms with Crippen molar-refractivity contribution in [2.24, 2.45) is 0 Å². The Morgan fingerprint density at radius 2 is 1.85 bits per heavy atom. The molecule has 0 fully saturated rings. The molecule has 0 saturated heterocycles. The normalized spacial score (nSPS) is 11.9. The van der Waals surface area contributed by atoms with Crippen molar-refractivity contribution >= 4 is 5.97 Å². The smallest absolute Gasteiger partial charge is 0.329 e. The maximum absolute atomic E-state index is 10.6. The number of aliphatic carboxylic acids is 1. The van der Waals surface area contributed by atoms with Gasteiger partial charge in [0.05, 0.1) is 25.0 Å². The van der Waals surface area contributed by atoms with Crippen LogP contribution in [-0.4, -0.2) is 48.6 Å². The van der Waals surface area contributed by atoms with E-state index in [1.54, 1.807) is 0 Å². The summed E-state index contributed by atoms with van der Waals surface area (Å²) in [6, 6.07) is 17.7. The van der Waals surface area contributed by atoms with Crippen molar-refractivity contribution in [3.63, 3.8) is 0 Å². The lowest BCUT2D eigenvalue weighted by Gasteiger charge is -2.17. The molecule has 0 aliphatic heterocycles. The number of nitrogens with zero attached hydrogens (tertiary/aromatic N) is 1. The maximum Gasteiger partial charge on any atom is 0.329 e. The minimum atomic E-state index is -0.986. The molecular formula is C26H31NO6. The summed E-state index contributed by atoms with van der Waals surface area (Å²) in [5, 5.41) is 8.71. The first-order valence-electron chi connectivity index (χ1n) is 11.3. The van der Waals surface area contributed by atoms with Crippen molar-refractivity contribution in [2.75, 3.05) is 26.4 Å². The fraction of sp³-hybridized carbons (Fsp3) is 0.385. The fourth-order valence-corrected chi connectivity index (χ4v) is 3.49. The minimum Gasteiger partial charge on any atom is -0.493 e. The van der Waals surface area contributed by atoms with E-state index >= 15 is 0 Å². The van der Waals surface area contributed by atoms with Crippen molar-refractivity contribution in [3.05, 3.63) is 71.6 Å². The van der Waals surface area contributed by atoms with E-state index in [0.717, 1.165) is 34.8 Å². The van der Waals surface area contributed by atoms with E-state index in [4.69, 9.17) is 23.7 Å². The van der Waals surface area contributed by atoms with Gasteiger partial charge in [0.2, 0.25) is 5.89 Å². The molecule has 33 heavy (non-hydrogen) atoms. The summed E-state index contributed by atoms with van der Waals surface area (Å²) >= 11 is 0. The van der Waals surface area contributed by atoms with E-state index < -0.39 is 5.97 Å². The third kappa shape index (κ3) is 7.73. The summed E-state index contributed by atoms with van der Waals surface area (Å²) in [5.41, 5.74) is 2.96. The van der Waals surface area contributed by atoms with Crippen molar-refractivity contribution in [1.29, 1.82) is 0 Å². The second kappa shape index (κ2) is 12.8. The van der Waals surface area contributed by atoms with Crippen LogP contribution in [-0.2, 0) is 33.5 Å². The van der Waals surface area contributed by atoms with Gasteiger partial charge in [-0.1, -0.05) is 37.3 Å². The topological polar surface area (TPSA) is 91.0 Å². The first-order chi connectivity index (χ1) is 16.1. The number of aromatic nitrogens is 1. The molecule has 3 rings (SSSR count). The van der Waals surface area contributed by atoms with Crippen molar-refractivity contribution < 1.29 is 28.5 Å². The quantitative estimate of drug-likeness (QED) is 0.382. The predicted octanol–water partition coefficient (Wildman–Crippen LogP) is 4.57. The van der Waals surface area contributed by atoms with Gasteiger partial charge in [0.1, 0.15) is 18.1 Å². The summed E-state index contributed by atoms with van der Waals surface area (Å²) < 4.78 is 22.7. The number of ether oxygens (including phenoxy) is 3. The Labute approximate surface area is 194 Å². The van der Waals surface area contributed by atoms with Gasteiger partial charge in [-0.05, 0) is 36.8 Å². The monoisotopic (exact) mass is 453 g/mol. The minimum absolute atomic E-state index is 0.195. The number of rotatable bonds is 14. The molecule has 0 amide bonds.